The number of hydrogen-bond donors (Lipinski definition) is 2. The summed E-state index contributed by atoms with van der Waals surface area (Å²) in [5.74, 6) is 1.64. The molecule has 0 radical (unpaired) electrons. The first kappa shape index (κ1) is 18.4. The number of methoxy groups -OCH3 is 1. The minimum absolute atomic E-state index is 0.127. The van der Waals surface area contributed by atoms with E-state index in [-0.39, 0.29) is 11.5 Å². The van der Waals surface area contributed by atoms with Crippen LogP contribution in [0, 0.1) is 11.3 Å². The Kier molecular flexibility index (Phi) is 3.92. The lowest BCUT2D eigenvalue weighted by Gasteiger charge is -2.66. The van der Waals surface area contributed by atoms with E-state index in [4.69, 9.17) is 4.74 Å². The summed E-state index contributed by atoms with van der Waals surface area (Å²) in [7, 11) is 1.69. The van der Waals surface area contributed by atoms with Crippen LogP contribution in [0.3, 0.4) is 0 Å². The van der Waals surface area contributed by atoms with E-state index in [0.717, 1.165) is 43.3 Å². The molecule has 1 aliphatic heterocycles. The van der Waals surface area contributed by atoms with Crippen LogP contribution in [-0.4, -0.2) is 52.8 Å². The molecule has 5 rings (SSSR count). The molecule has 0 unspecified atom stereocenters. The van der Waals surface area contributed by atoms with E-state index in [9.17, 15) is 10.3 Å². The van der Waals surface area contributed by atoms with Crippen LogP contribution in [0.1, 0.15) is 57.1 Å². The average molecular weight is 385 g/mol. The number of likely N-dealkylation sites (tertiary alicyclic amines) is 1. The maximum Gasteiger partial charge on any atom is 0.119 e. The van der Waals surface area contributed by atoms with Gasteiger partial charge >= 0.3 is 0 Å². The predicted molar refractivity (Wildman–Crippen MR) is 108 cm³/mol. The molecule has 5 nitrogen and oxygen atoms in total. The Balaban J connectivity index is 1.68. The van der Waals surface area contributed by atoms with E-state index >= 15 is 0 Å². The summed E-state index contributed by atoms with van der Waals surface area (Å²) < 4.78 is 5.53. The summed E-state index contributed by atoms with van der Waals surface area (Å²) in [6, 6.07) is 6.47. The first-order valence-electron chi connectivity index (χ1n) is 10.7. The second-order valence-electron chi connectivity index (χ2n) is 10.2. The Hall–Kier alpha value is -1.59. The highest BCUT2D eigenvalue weighted by Gasteiger charge is 2.67. The summed E-state index contributed by atoms with van der Waals surface area (Å²) in [6.45, 7) is 6.32. The molecule has 1 heterocycles. The zero-order chi connectivity index (χ0) is 19.7. The lowest BCUT2D eigenvalue weighted by atomic mass is 9.45. The van der Waals surface area contributed by atoms with Crippen molar-refractivity contribution in [3.05, 3.63) is 29.3 Å². The molecular weight excluding hydrogens is 352 g/mol. The molecule has 3 atom stereocenters. The van der Waals surface area contributed by atoms with Gasteiger partial charge in [-0.25, -0.2) is 0 Å². The molecule has 0 aromatic heterocycles. The molecule has 0 spiro atoms. The van der Waals surface area contributed by atoms with Gasteiger partial charge in [0.1, 0.15) is 5.75 Å². The first-order valence-corrected chi connectivity index (χ1v) is 10.7. The molecule has 2 saturated carbocycles. The molecule has 3 fully saturated rings. The number of oxime groups is 1. The monoisotopic (exact) mass is 384 g/mol. The first-order chi connectivity index (χ1) is 13.3. The van der Waals surface area contributed by atoms with Crippen molar-refractivity contribution in [3.8, 4) is 5.75 Å². The van der Waals surface area contributed by atoms with Crippen molar-refractivity contribution >= 4 is 5.71 Å². The highest BCUT2D eigenvalue weighted by atomic mass is 16.5. The number of aliphatic hydroxyl groups is 1. The van der Waals surface area contributed by atoms with E-state index in [0.29, 0.717) is 12.8 Å². The number of rotatable bonds is 3. The Morgan fingerprint density at radius 2 is 2.07 bits per heavy atom. The molecular formula is C23H32N2O3. The third kappa shape index (κ3) is 2.42. The van der Waals surface area contributed by atoms with Gasteiger partial charge in [0.15, 0.2) is 0 Å². The molecule has 2 bridgehead atoms. The van der Waals surface area contributed by atoms with Gasteiger partial charge in [0.2, 0.25) is 0 Å². The van der Waals surface area contributed by atoms with Crippen LogP contribution in [0.5, 0.6) is 5.75 Å². The summed E-state index contributed by atoms with van der Waals surface area (Å²) >= 11 is 0. The van der Waals surface area contributed by atoms with Crippen LogP contribution in [0.25, 0.3) is 0 Å². The molecule has 3 aliphatic carbocycles. The number of benzene rings is 1. The van der Waals surface area contributed by atoms with Crippen LogP contribution < -0.4 is 4.74 Å². The summed E-state index contributed by atoms with van der Waals surface area (Å²) in [6.07, 6.45) is 5.66. The van der Waals surface area contributed by atoms with Crippen molar-refractivity contribution in [1.82, 2.24) is 4.90 Å². The largest absolute Gasteiger partial charge is 0.497 e. The summed E-state index contributed by atoms with van der Waals surface area (Å²) in [5, 5.41) is 25.9. The minimum atomic E-state index is -0.822. The minimum Gasteiger partial charge on any atom is -0.497 e. The Labute approximate surface area is 167 Å². The Morgan fingerprint density at radius 1 is 1.29 bits per heavy atom. The second kappa shape index (κ2) is 5.96. The zero-order valence-electron chi connectivity index (χ0n) is 17.2. The molecule has 4 aliphatic rings. The van der Waals surface area contributed by atoms with E-state index in [1.807, 2.05) is 6.07 Å². The number of piperidine rings is 1. The number of nitrogens with zero attached hydrogens (tertiary/aromatic N) is 2. The highest BCUT2D eigenvalue weighted by molar-refractivity contribution is 5.92. The van der Waals surface area contributed by atoms with Gasteiger partial charge in [0.05, 0.1) is 18.4 Å². The average Bonchev–Trinajstić information content (AvgIpc) is 3.46. The van der Waals surface area contributed by atoms with Crippen LogP contribution in [-0.2, 0) is 11.8 Å². The number of ether oxygens (including phenoxy) is 1. The van der Waals surface area contributed by atoms with Gasteiger partial charge in [-0.15, -0.1) is 0 Å². The van der Waals surface area contributed by atoms with Crippen molar-refractivity contribution in [3.63, 3.8) is 0 Å². The van der Waals surface area contributed by atoms with Gasteiger partial charge in [0, 0.05) is 29.8 Å². The summed E-state index contributed by atoms with van der Waals surface area (Å²) in [4.78, 5) is 2.57. The standard InChI is InChI=1S/C23H32N2O3/c1-21(2)14-23(26)20-10-16-6-7-17(28-3)11-18(16)22(23,12-19(21)24-27)8-9-25(20)13-15-4-5-15/h6-7,11,15,20,26-27H,4-5,8-10,12-14H2,1-3H3/t20-,22-,23-/m1/s1. The molecule has 1 saturated heterocycles. The topological polar surface area (TPSA) is 65.3 Å². The molecule has 5 heteroatoms. The van der Waals surface area contributed by atoms with Crippen molar-refractivity contribution in [1.29, 1.82) is 0 Å². The molecule has 1 aromatic rings. The highest BCUT2D eigenvalue weighted by Crippen LogP contribution is 2.61. The molecule has 28 heavy (non-hydrogen) atoms. The van der Waals surface area contributed by atoms with Crippen LogP contribution >= 0.6 is 0 Å². The fourth-order valence-corrected chi connectivity index (χ4v) is 6.45. The van der Waals surface area contributed by atoms with Gasteiger partial charge in [-0.05, 0) is 67.8 Å². The number of fused-ring (bicyclic) bond motifs is 1. The second-order valence-corrected chi connectivity index (χ2v) is 10.2. The number of hydrogen-bond acceptors (Lipinski definition) is 5. The molecule has 152 valence electrons. The fourth-order valence-electron chi connectivity index (χ4n) is 6.45. The van der Waals surface area contributed by atoms with Gasteiger partial charge < -0.3 is 15.1 Å². The van der Waals surface area contributed by atoms with Gasteiger partial charge in [-0.3, -0.25) is 4.90 Å². The smallest absolute Gasteiger partial charge is 0.119 e. The van der Waals surface area contributed by atoms with Gasteiger partial charge in [-0.2, -0.15) is 0 Å². The van der Waals surface area contributed by atoms with E-state index in [1.54, 1.807) is 7.11 Å². The maximum absolute atomic E-state index is 12.4. The normalized spacial score (nSPS) is 38.0. The molecule has 0 amide bonds. The molecule has 1 aromatic carbocycles. The van der Waals surface area contributed by atoms with Crippen molar-refractivity contribution < 1.29 is 15.1 Å². The van der Waals surface area contributed by atoms with Crippen LogP contribution in [0.2, 0.25) is 0 Å². The quantitative estimate of drug-likeness (QED) is 0.620. The summed E-state index contributed by atoms with van der Waals surface area (Å²) in [5.41, 5.74) is 1.78. The SMILES string of the molecule is COc1ccc2c(c1)[C@]13CCN(CC4CC4)[C@H](C2)[C@]1(O)CC(C)(C)C(=NO)C3. The third-order valence-corrected chi connectivity index (χ3v) is 8.16. The van der Waals surface area contributed by atoms with E-state index < -0.39 is 11.0 Å². The van der Waals surface area contributed by atoms with Crippen LogP contribution in [0.4, 0.5) is 0 Å². The lowest BCUT2D eigenvalue weighted by molar-refractivity contribution is -0.167. The molecule has 2 N–H and O–H groups in total. The van der Waals surface area contributed by atoms with E-state index in [1.165, 1.54) is 24.0 Å². The fraction of sp³-hybridized carbons (Fsp3) is 0.696. The predicted octanol–water partition coefficient (Wildman–Crippen LogP) is 3.35. The third-order valence-electron chi connectivity index (χ3n) is 8.16. The van der Waals surface area contributed by atoms with E-state index in [2.05, 4.69) is 36.0 Å². The van der Waals surface area contributed by atoms with Crippen molar-refractivity contribution in [2.75, 3.05) is 20.2 Å². The zero-order valence-corrected chi connectivity index (χ0v) is 17.2. The van der Waals surface area contributed by atoms with Crippen molar-refractivity contribution in [2.45, 2.75) is 69.4 Å². The van der Waals surface area contributed by atoms with Crippen molar-refractivity contribution in [2.24, 2.45) is 16.5 Å². The Morgan fingerprint density at radius 3 is 2.75 bits per heavy atom. The Bertz CT molecular complexity index is 831. The van der Waals surface area contributed by atoms with Gasteiger partial charge in [0.25, 0.3) is 0 Å². The maximum atomic E-state index is 12.4. The lowest BCUT2D eigenvalue weighted by Crippen LogP contribution is -2.75. The van der Waals surface area contributed by atoms with Gasteiger partial charge in [-0.1, -0.05) is 25.1 Å². The van der Waals surface area contributed by atoms with Crippen LogP contribution in [0.15, 0.2) is 23.4 Å².